The predicted octanol–water partition coefficient (Wildman–Crippen LogP) is 1.93. The first kappa shape index (κ1) is 16.9. The molecule has 23 heavy (non-hydrogen) atoms. The van der Waals surface area contributed by atoms with E-state index in [9.17, 15) is 14.4 Å². The van der Waals surface area contributed by atoms with Crippen LogP contribution >= 0.6 is 0 Å². The lowest BCUT2D eigenvalue weighted by molar-refractivity contribution is -0.156. The summed E-state index contributed by atoms with van der Waals surface area (Å²) in [6.07, 6.45) is 1.77. The standard InChI is InChI=1S/C17H20N2O4/c1-9(7-18)6-12-13(17(12,4)5)16(22)23-8-19-14(20)10(2)11(3)15(19)21/h6,12-13H,8H2,1-5H3. The van der Waals surface area contributed by atoms with Gasteiger partial charge < -0.3 is 4.74 Å². The van der Waals surface area contributed by atoms with Crippen LogP contribution in [-0.4, -0.2) is 29.4 Å². The van der Waals surface area contributed by atoms with Crippen molar-refractivity contribution in [2.45, 2.75) is 34.6 Å². The van der Waals surface area contributed by atoms with Crippen LogP contribution in [0, 0.1) is 28.6 Å². The molecule has 1 heterocycles. The number of esters is 1. The zero-order chi connectivity index (χ0) is 17.5. The molecule has 0 saturated heterocycles. The van der Waals surface area contributed by atoms with Crippen molar-refractivity contribution in [3.8, 4) is 6.07 Å². The van der Waals surface area contributed by atoms with Crippen LogP contribution in [0.1, 0.15) is 34.6 Å². The van der Waals surface area contributed by atoms with E-state index in [-0.39, 0.29) is 24.0 Å². The number of carbonyl (C=O) groups is 3. The molecule has 2 aliphatic rings. The number of hydrogen-bond acceptors (Lipinski definition) is 5. The highest BCUT2D eigenvalue weighted by molar-refractivity contribution is 6.18. The molecule has 0 radical (unpaired) electrons. The zero-order valence-electron chi connectivity index (χ0n) is 14.0. The van der Waals surface area contributed by atoms with Crippen molar-refractivity contribution in [3.63, 3.8) is 0 Å². The van der Waals surface area contributed by atoms with Gasteiger partial charge in [0.15, 0.2) is 6.73 Å². The molecule has 0 aromatic heterocycles. The van der Waals surface area contributed by atoms with Crippen molar-refractivity contribution in [2.24, 2.45) is 17.3 Å². The Morgan fingerprint density at radius 2 is 1.83 bits per heavy atom. The maximum Gasteiger partial charge on any atom is 0.311 e. The summed E-state index contributed by atoms with van der Waals surface area (Å²) in [7, 11) is 0. The fourth-order valence-electron chi connectivity index (χ4n) is 2.90. The second-order valence-electron chi connectivity index (χ2n) is 6.67. The van der Waals surface area contributed by atoms with Crippen molar-refractivity contribution in [2.75, 3.05) is 6.73 Å². The fraction of sp³-hybridized carbons (Fsp3) is 0.529. The fourth-order valence-corrected chi connectivity index (χ4v) is 2.90. The summed E-state index contributed by atoms with van der Waals surface area (Å²) in [6, 6.07) is 2.04. The highest BCUT2D eigenvalue weighted by Gasteiger charge is 2.61. The number of amides is 2. The summed E-state index contributed by atoms with van der Waals surface area (Å²) < 4.78 is 5.17. The van der Waals surface area contributed by atoms with Crippen molar-refractivity contribution in [3.05, 3.63) is 22.8 Å². The number of imide groups is 1. The summed E-state index contributed by atoms with van der Waals surface area (Å²) in [5, 5.41) is 8.84. The molecular formula is C17H20N2O4. The van der Waals surface area contributed by atoms with E-state index in [0.717, 1.165) is 4.90 Å². The minimum atomic E-state index is -0.454. The molecule has 0 aromatic rings. The number of nitriles is 1. The zero-order valence-corrected chi connectivity index (χ0v) is 14.0. The highest BCUT2D eigenvalue weighted by atomic mass is 16.5. The number of nitrogens with zero attached hydrogens (tertiary/aromatic N) is 2. The number of ether oxygens (including phenoxy) is 1. The molecule has 0 aromatic carbocycles. The Balaban J connectivity index is 1.99. The van der Waals surface area contributed by atoms with Gasteiger partial charge in [-0.25, -0.2) is 4.90 Å². The lowest BCUT2D eigenvalue weighted by Gasteiger charge is -2.15. The third-order valence-corrected chi connectivity index (χ3v) is 4.80. The molecule has 6 heteroatoms. The number of carbonyl (C=O) groups excluding carboxylic acids is 3. The van der Waals surface area contributed by atoms with Crippen molar-refractivity contribution >= 4 is 17.8 Å². The van der Waals surface area contributed by atoms with E-state index < -0.39 is 17.8 Å². The van der Waals surface area contributed by atoms with Gasteiger partial charge >= 0.3 is 5.97 Å². The molecule has 2 atom stereocenters. The third-order valence-electron chi connectivity index (χ3n) is 4.80. The third kappa shape index (κ3) is 2.79. The van der Waals surface area contributed by atoms with Gasteiger partial charge in [-0.1, -0.05) is 19.9 Å². The van der Waals surface area contributed by atoms with E-state index in [1.165, 1.54) is 0 Å². The second kappa shape index (κ2) is 5.65. The topological polar surface area (TPSA) is 87.5 Å². The van der Waals surface area contributed by atoms with E-state index in [1.54, 1.807) is 26.8 Å². The minimum Gasteiger partial charge on any atom is -0.443 e. The normalized spacial score (nSPS) is 26.4. The molecule has 2 amide bonds. The lowest BCUT2D eigenvalue weighted by atomic mass is 10.1. The first-order valence-electron chi connectivity index (χ1n) is 7.41. The van der Waals surface area contributed by atoms with Gasteiger partial charge in [-0.3, -0.25) is 14.4 Å². The van der Waals surface area contributed by atoms with Gasteiger partial charge in [0.25, 0.3) is 11.8 Å². The molecule has 2 rings (SSSR count). The van der Waals surface area contributed by atoms with Crippen LogP contribution in [0.4, 0.5) is 0 Å². The van der Waals surface area contributed by atoms with Crippen LogP contribution in [0.25, 0.3) is 0 Å². The summed E-state index contributed by atoms with van der Waals surface area (Å²) in [5.41, 5.74) is 1.02. The molecule has 2 unspecified atom stereocenters. The molecule has 0 bridgehead atoms. The lowest BCUT2D eigenvalue weighted by Crippen LogP contribution is -2.35. The summed E-state index contributed by atoms with van der Waals surface area (Å²) in [6.45, 7) is 8.32. The van der Waals surface area contributed by atoms with Gasteiger partial charge in [-0.15, -0.1) is 0 Å². The summed E-state index contributed by atoms with van der Waals surface area (Å²) in [5.74, 6) is -1.74. The first-order valence-corrected chi connectivity index (χ1v) is 7.41. The van der Waals surface area contributed by atoms with E-state index in [2.05, 4.69) is 0 Å². The minimum absolute atomic E-state index is 0.0683. The van der Waals surface area contributed by atoms with Gasteiger partial charge in [0.2, 0.25) is 0 Å². The van der Waals surface area contributed by atoms with Crippen molar-refractivity contribution in [1.82, 2.24) is 4.90 Å². The monoisotopic (exact) mass is 316 g/mol. The Labute approximate surface area is 135 Å². The van der Waals surface area contributed by atoms with Crippen LogP contribution in [0.3, 0.4) is 0 Å². The Morgan fingerprint density at radius 3 is 2.30 bits per heavy atom. The van der Waals surface area contributed by atoms with Gasteiger partial charge in [-0.2, -0.15) is 5.26 Å². The molecule has 0 spiro atoms. The Morgan fingerprint density at radius 1 is 1.30 bits per heavy atom. The van der Waals surface area contributed by atoms with Gasteiger partial charge in [-0.05, 0) is 32.1 Å². The maximum atomic E-state index is 12.2. The Bertz CT molecular complexity index is 670. The number of hydrogen-bond donors (Lipinski definition) is 0. The summed E-state index contributed by atoms with van der Waals surface area (Å²) >= 11 is 0. The highest BCUT2D eigenvalue weighted by Crippen LogP contribution is 2.59. The number of allylic oxidation sites excluding steroid dienone is 2. The molecule has 6 nitrogen and oxygen atoms in total. The molecule has 1 fully saturated rings. The quantitative estimate of drug-likeness (QED) is 0.449. The average molecular weight is 316 g/mol. The van der Waals surface area contributed by atoms with E-state index in [1.807, 2.05) is 19.9 Å². The van der Waals surface area contributed by atoms with E-state index in [4.69, 9.17) is 10.00 Å². The SMILES string of the molecule is CC(C#N)=CC1C(C(=O)OCN2C(=O)C(C)=C(C)C2=O)C1(C)C. The smallest absolute Gasteiger partial charge is 0.311 e. The molecule has 1 aliphatic carbocycles. The molecule has 122 valence electrons. The summed E-state index contributed by atoms with van der Waals surface area (Å²) in [4.78, 5) is 37.0. The van der Waals surface area contributed by atoms with Crippen LogP contribution in [-0.2, 0) is 19.1 Å². The van der Waals surface area contributed by atoms with E-state index in [0.29, 0.717) is 16.7 Å². The van der Waals surface area contributed by atoms with Crippen molar-refractivity contribution in [1.29, 1.82) is 5.26 Å². The van der Waals surface area contributed by atoms with Crippen LogP contribution in [0.2, 0.25) is 0 Å². The molecular weight excluding hydrogens is 296 g/mol. The Hall–Kier alpha value is -2.42. The van der Waals surface area contributed by atoms with Crippen LogP contribution < -0.4 is 0 Å². The first-order chi connectivity index (χ1) is 10.6. The molecule has 1 aliphatic heterocycles. The molecule has 0 N–H and O–H groups in total. The average Bonchev–Trinajstić information content (AvgIpc) is 2.98. The van der Waals surface area contributed by atoms with Crippen molar-refractivity contribution < 1.29 is 19.1 Å². The molecule has 1 saturated carbocycles. The second-order valence-corrected chi connectivity index (χ2v) is 6.67. The van der Waals surface area contributed by atoms with Crippen LogP contribution in [0.5, 0.6) is 0 Å². The van der Waals surface area contributed by atoms with Gasteiger partial charge in [0.05, 0.1) is 12.0 Å². The van der Waals surface area contributed by atoms with E-state index >= 15 is 0 Å². The largest absolute Gasteiger partial charge is 0.443 e. The predicted molar refractivity (Wildman–Crippen MR) is 81.3 cm³/mol. The van der Waals surface area contributed by atoms with Gasteiger partial charge in [0, 0.05) is 16.7 Å². The Kier molecular flexibility index (Phi) is 4.16. The maximum absolute atomic E-state index is 12.2. The van der Waals surface area contributed by atoms with Crippen LogP contribution in [0.15, 0.2) is 22.8 Å². The number of rotatable bonds is 4. The van der Waals surface area contributed by atoms with Gasteiger partial charge in [0.1, 0.15) is 0 Å².